The third kappa shape index (κ3) is 5.30. The summed E-state index contributed by atoms with van der Waals surface area (Å²) in [4.78, 5) is 42.4. The number of piperidine rings is 1. The number of likely N-dealkylation sites (tertiary alicyclic amines) is 1. The van der Waals surface area contributed by atoms with Gasteiger partial charge in [0.2, 0.25) is 5.91 Å². The van der Waals surface area contributed by atoms with Crippen LogP contribution in [0.4, 0.5) is 11.4 Å². The van der Waals surface area contributed by atoms with Crippen molar-refractivity contribution in [2.45, 2.75) is 19.8 Å². The molecule has 0 bridgehead atoms. The number of piperazine rings is 1. The first-order chi connectivity index (χ1) is 16.4. The Hall–Kier alpha value is -3.62. The highest BCUT2D eigenvalue weighted by molar-refractivity contribution is 5.82. The minimum Gasteiger partial charge on any atom is -0.477 e. The van der Waals surface area contributed by atoms with Gasteiger partial charge in [-0.2, -0.15) is 0 Å². The lowest BCUT2D eigenvalue weighted by atomic mass is 9.96. The highest BCUT2D eigenvalue weighted by Crippen LogP contribution is 2.27. The summed E-state index contributed by atoms with van der Waals surface area (Å²) in [6, 6.07) is 14.3. The summed E-state index contributed by atoms with van der Waals surface area (Å²) in [6.45, 7) is 5.63. The van der Waals surface area contributed by atoms with Crippen molar-refractivity contribution in [2.75, 3.05) is 50.8 Å². The zero-order valence-electron chi connectivity index (χ0n) is 19.4. The first-order valence-electron chi connectivity index (χ1n) is 11.7. The molecule has 180 valence electrons. The van der Waals surface area contributed by atoms with Crippen LogP contribution in [0, 0.1) is 23.0 Å². The van der Waals surface area contributed by atoms with Crippen LogP contribution in [0.2, 0.25) is 0 Å². The topological polar surface area (TPSA) is 96.2 Å². The van der Waals surface area contributed by atoms with E-state index in [-0.39, 0.29) is 35.8 Å². The molecule has 0 saturated carbocycles. The molecule has 0 radical (unpaired) electrons. The Balaban J connectivity index is 1.29. The molecule has 2 fully saturated rings. The first-order valence-corrected chi connectivity index (χ1v) is 11.7. The van der Waals surface area contributed by atoms with Crippen LogP contribution >= 0.6 is 0 Å². The summed E-state index contributed by atoms with van der Waals surface area (Å²) in [7, 11) is 0. The monoisotopic (exact) mass is 466 g/mol. The van der Waals surface area contributed by atoms with Gasteiger partial charge in [0.15, 0.2) is 12.4 Å². The van der Waals surface area contributed by atoms with Crippen molar-refractivity contribution in [3.05, 3.63) is 64.2 Å². The third-order valence-electron chi connectivity index (χ3n) is 6.58. The van der Waals surface area contributed by atoms with Gasteiger partial charge in [-0.3, -0.25) is 19.7 Å². The summed E-state index contributed by atoms with van der Waals surface area (Å²) in [5.74, 6) is -0.327. The number of nitro groups is 1. The van der Waals surface area contributed by atoms with Crippen LogP contribution in [-0.4, -0.2) is 72.4 Å². The normalized spacial score (nSPS) is 18.5. The van der Waals surface area contributed by atoms with Gasteiger partial charge in [-0.1, -0.05) is 30.3 Å². The number of benzene rings is 2. The minimum absolute atomic E-state index is 0.0667. The van der Waals surface area contributed by atoms with Gasteiger partial charge in [0.25, 0.3) is 5.91 Å². The molecule has 2 aliphatic rings. The molecule has 0 aliphatic carbocycles. The summed E-state index contributed by atoms with van der Waals surface area (Å²) in [5, 5.41) is 11.1. The van der Waals surface area contributed by atoms with Crippen LogP contribution < -0.4 is 9.64 Å². The summed E-state index contributed by atoms with van der Waals surface area (Å²) in [6.07, 6.45) is 1.50. The first kappa shape index (κ1) is 23.5. The molecule has 1 unspecified atom stereocenters. The Morgan fingerprint density at radius 3 is 2.44 bits per heavy atom. The molecule has 2 aromatic rings. The second-order valence-corrected chi connectivity index (χ2v) is 8.79. The van der Waals surface area contributed by atoms with Crippen LogP contribution in [0.3, 0.4) is 0 Å². The summed E-state index contributed by atoms with van der Waals surface area (Å²) in [5.41, 5.74) is 2.27. The quantitative estimate of drug-likeness (QED) is 0.480. The van der Waals surface area contributed by atoms with E-state index in [9.17, 15) is 19.7 Å². The molecular formula is C25H30N4O5. The summed E-state index contributed by atoms with van der Waals surface area (Å²) >= 11 is 0. The van der Waals surface area contributed by atoms with Crippen molar-refractivity contribution < 1.29 is 19.2 Å². The van der Waals surface area contributed by atoms with E-state index in [0.717, 1.165) is 25.9 Å². The molecule has 2 aliphatic heterocycles. The van der Waals surface area contributed by atoms with E-state index >= 15 is 0 Å². The Bertz CT molecular complexity index is 1050. The number of hydrogen-bond acceptors (Lipinski definition) is 6. The molecule has 2 aromatic carbocycles. The molecule has 0 aromatic heterocycles. The second-order valence-electron chi connectivity index (χ2n) is 8.79. The van der Waals surface area contributed by atoms with Crippen molar-refractivity contribution in [3.8, 4) is 5.75 Å². The van der Waals surface area contributed by atoms with Crippen molar-refractivity contribution in [3.63, 3.8) is 0 Å². The van der Waals surface area contributed by atoms with Gasteiger partial charge in [-0.15, -0.1) is 0 Å². The lowest BCUT2D eigenvalue weighted by molar-refractivity contribution is -0.385. The number of carbonyl (C=O) groups excluding carboxylic acids is 2. The molecule has 1 atom stereocenters. The summed E-state index contributed by atoms with van der Waals surface area (Å²) < 4.78 is 5.46. The maximum atomic E-state index is 13.2. The molecular weight excluding hydrogens is 436 g/mol. The van der Waals surface area contributed by atoms with E-state index in [2.05, 4.69) is 24.0 Å². The van der Waals surface area contributed by atoms with Gasteiger partial charge >= 0.3 is 5.69 Å². The molecule has 9 heteroatoms. The number of amides is 2. The van der Waals surface area contributed by atoms with Gasteiger partial charge in [0.05, 0.1) is 10.8 Å². The molecule has 34 heavy (non-hydrogen) atoms. The third-order valence-corrected chi connectivity index (χ3v) is 6.58. The molecule has 4 rings (SSSR count). The lowest BCUT2D eigenvalue weighted by Gasteiger charge is -2.40. The number of aryl methyl sites for hydroxylation is 1. The van der Waals surface area contributed by atoms with E-state index < -0.39 is 4.92 Å². The van der Waals surface area contributed by atoms with Crippen molar-refractivity contribution in [1.29, 1.82) is 0 Å². The number of ether oxygens (including phenoxy) is 1. The zero-order chi connectivity index (χ0) is 24.1. The Kier molecular flexibility index (Phi) is 7.30. The SMILES string of the molecule is Cc1ccccc1N1CCN(C(=O)C2CCCN(C(=O)COc3ccccc3[N+](=O)[O-])C2)CC1. The number of para-hydroxylation sites is 3. The van der Waals surface area contributed by atoms with Crippen LogP contribution in [-0.2, 0) is 9.59 Å². The van der Waals surface area contributed by atoms with Gasteiger partial charge in [0, 0.05) is 51.0 Å². The molecule has 2 amide bonds. The predicted octanol–water partition coefficient (Wildman–Crippen LogP) is 2.87. The molecule has 9 nitrogen and oxygen atoms in total. The smallest absolute Gasteiger partial charge is 0.310 e. The van der Waals surface area contributed by atoms with Crippen LogP contribution in [0.1, 0.15) is 18.4 Å². The van der Waals surface area contributed by atoms with E-state index in [1.54, 1.807) is 17.0 Å². The van der Waals surface area contributed by atoms with Crippen LogP contribution in [0.15, 0.2) is 48.5 Å². The van der Waals surface area contributed by atoms with Gasteiger partial charge in [-0.25, -0.2) is 0 Å². The van der Waals surface area contributed by atoms with Gasteiger partial charge in [0.1, 0.15) is 0 Å². The lowest BCUT2D eigenvalue weighted by Crippen LogP contribution is -2.53. The second kappa shape index (κ2) is 10.5. The highest BCUT2D eigenvalue weighted by atomic mass is 16.6. The number of nitro benzene ring substituents is 1. The number of nitrogens with zero attached hydrogens (tertiary/aromatic N) is 4. The van der Waals surface area contributed by atoms with Crippen LogP contribution in [0.25, 0.3) is 0 Å². The Labute approximate surface area is 199 Å². The van der Waals surface area contributed by atoms with E-state index in [0.29, 0.717) is 26.2 Å². The molecule has 0 N–H and O–H groups in total. The number of anilines is 1. The standard InChI is InChI=1S/C25H30N4O5/c1-19-7-2-3-9-21(19)26-13-15-27(16-14-26)25(31)20-8-6-12-28(17-20)24(30)18-34-23-11-5-4-10-22(23)29(32)33/h2-5,7,9-11,20H,6,8,12-18H2,1H3. The minimum atomic E-state index is -0.533. The Morgan fingerprint density at radius 1 is 1.00 bits per heavy atom. The van der Waals surface area contributed by atoms with Gasteiger partial charge in [-0.05, 0) is 37.5 Å². The number of carbonyl (C=O) groups is 2. The average Bonchev–Trinajstić information content (AvgIpc) is 2.87. The molecule has 2 heterocycles. The van der Waals surface area contributed by atoms with E-state index in [1.807, 2.05) is 17.0 Å². The fourth-order valence-electron chi connectivity index (χ4n) is 4.71. The zero-order valence-corrected chi connectivity index (χ0v) is 19.4. The fraction of sp³-hybridized carbons (Fsp3) is 0.440. The molecule has 0 spiro atoms. The Morgan fingerprint density at radius 2 is 1.71 bits per heavy atom. The predicted molar refractivity (Wildman–Crippen MR) is 128 cm³/mol. The number of rotatable bonds is 6. The van der Waals surface area contributed by atoms with Crippen molar-refractivity contribution in [2.24, 2.45) is 5.92 Å². The largest absolute Gasteiger partial charge is 0.477 e. The maximum Gasteiger partial charge on any atom is 0.310 e. The number of hydrogen-bond donors (Lipinski definition) is 0. The average molecular weight is 467 g/mol. The van der Waals surface area contributed by atoms with Crippen molar-refractivity contribution in [1.82, 2.24) is 9.80 Å². The van der Waals surface area contributed by atoms with E-state index in [4.69, 9.17) is 4.74 Å². The maximum absolute atomic E-state index is 13.2. The van der Waals surface area contributed by atoms with Gasteiger partial charge < -0.3 is 19.4 Å². The molecule has 2 saturated heterocycles. The van der Waals surface area contributed by atoms with Crippen LogP contribution in [0.5, 0.6) is 5.75 Å². The van der Waals surface area contributed by atoms with Crippen molar-refractivity contribution >= 4 is 23.2 Å². The van der Waals surface area contributed by atoms with E-state index in [1.165, 1.54) is 23.4 Å². The fourth-order valence-corrected chi connectivity index (χ4v) is 4.71. The highest BCUT2D eigenvalue weighted by Gasteiger charge is 2.33.